The lowest BCUT2D eigenvalue weighted by molar-refractivity contribution is 0.795. The molecule has 1 aliphatic heterocycles. The summed E-state index contributed by atoms with van der Waals surface area (Å²) in [7, 11) is 0. The van der Waals surface area contributed by atoms with Gasteiger partial charge in [-0.1, -0.05) is 25.5 Å². The predicted molar refractivity (Wildman–Crippen MR) is 163 cm³/mol. The molecule has 0 spiro atoms. The Morgan fingerprint density at radius 1 is 0.625 bits per heavy atom. The Kier molecular flexibility index (Phi) is 8.81. The Balaban J connectivity index is 1.18. The first-order valence-electron chi connectivity index (χ1n) is 14.0. The van der Waals surface area contributed by atoms with Crippen molar-refractivity contribution < 1.29 is 0 Å². The van der Waals surface area contributed by atoms with Gasteiger partial charge in [-0.25, -0.2) is 0 Å². The molecule has 4 aromatic rings. The van der Waals surface area contributed by atoms with Crippen molar-refractivity contribution in [2.45, 2.75) is 46.5 Å². The van der Waals surface area contributed by atoms with Crippen molar-refractivity contribution in [2.75, 3.05) is 18.0 Å². The highest BCUT2D eigenvalue weighted by atomic mass is 15.1. The first kappa shape index (κ1) is 27.1. The molecule has 0 unspecified atom stereocenters. The number of azo groups is 3. The number of rotatable bonds is 10. The lowest BCUT2D eigenvalue weighted by Gasteiger charge is -2.16. The number of likely N-dealkylation sites (N-methyl/N-ethyl adjacent to an activating group) is 1. The van der Waals surface area contributed by atoms with Gasteiger partial charge < -0.3 is 4.90 Å². The number of anilines is 1. The molecule has 0 aromatic heterocycles. The molecule has 7 heteroatoms. The van der Waals surface area contributed by atoms with Crippen LogP contribution in [-0.4, -0.2) is 13.1 Å². The van der Waals surface area contributed by atoms with Crippen LogP contribution in [0.2, 0.25) is 0 Å². The van der Waals surface area contributed by atoms with Crippen molar-refractivity contribution in [3.8, 4) is 0 Å². The molecule has 0 atom stereocenters. The molecule has 0 N–H and O–H groups in total. The summed E-state index contributed by atoms with van der Waals surface area (Å²) in [5.74, 6) is 0. The van der Waals surface area contributed by atoms with Crippen LogP contribution in [0.15, 0.2) is 116 Å². The van der Waals surface area contributed by atoms with Gasteiger partial charge in [-0.05, 0) is 123 Å². The molecule has 0 bridgehead atoms. The second-order valence-electron chi connectivity index (χ2n) is 10.00. The second kappa shape index (κ2) is 13.0. The van der Waals surface area contributed by atoms with E-state index < -0.39 is 0 Å². The summed E-state index contributed by atoms with van der Waals surface area (Å²) < 4.78 is 0. The zero-order valence-electron chi connectivity index (χ0n) is 23.5. The minimum Gasteiger partial charge on any atom is -0.371 e. The van der Waals surface area contributed by atoms with E-state index in [0.29, 0.717) is 0 Å². The van der Waals surface area contributed by atoms with Crippen molar-refractivity contribution in [2.24, 2.45) is 30.7 Å². The van der Waals surface area contributed by atoms with Crippen LogP contribution in [-0.2, 0) is 12.8 Å². The molecule has 4 aromatic carbocycles. The Bertz CT molecular complexity index is 1520. The third kappa shape index (κ3) is 6.91. The Morgan fingerprint density at radius 2 is 1.18 bits per heavy atom. The fourth-order valence-electron chi connectivity index (χ4n) is 4.70. The van der Waals surface area contributed by atoms with Crippen molar-refractivity contribution in [1.82, 2.24) is 0 Å². The summed E-state index contributed by atoms with van der Waals surface area (Å²) in [5.41, 5.74) is 9.80. The Labute approximate surface area is 236 Å². The van der Waals surface area contributed by atoms with Crippen LogP contribution in [0.1, 0.15) is 43.4 Å². The average Bonchev–Trinajstić information content (AvgIpc) is 3.41. The normalized spacial score (nSPS) is 13.2. The average molecular weight is 530 g/mol. The lowest BCUT2D eigenvalue weighted by Crippen LogP contribution is -2.18. The third-order valence-corrected chi connectivity index (χ3v) is 7.06. The van der Waals surface area contributed by atoms with Crippen molar-refractivity contribution in [3.05, 3.63) is 102 Å². The summed E-state index contributed by atoms with van der Waals surface area (Å²) >= 11 is 0. The number of fused-ring (bicyclic) bond motifs is 1. The third-order valence-electron chi connectivity index (χ3n) is 7.06. The molecule has 0 aliphatic carbocycles. The van der Waals surface area contributed by atoms with Crippen LogP contribution in [0.4, 0.5) is 39.8 Å². The molecule has 5 rings (SSSR count). The summed E-state index contributed by atoms with van der Waals surface area (Å²) in [5, 5.41) is 26.4. The van der Waals surface area contributed by atoms with Crippen LogP contribution < -0.4 is 4.90 Å². The van der Waals surface area contributed by atoms with E-state index in [4.69, 9.17) is 0 Å². The summed E-state index contributed by atoms with van der Waals surface area (Å²) in [6.07, 6.45) is 4.57. The van der Waals surface area contributed by atoms with Gasteiger partial charge in [-0.3, -0.25) is 0 Å². The number of hydrogen-bond donors (Lipinski definition) is 0. The van der Waals surface area contributed by atoms with Crippen molar-refractivity contribution in [1.29, 1.82) is 0 Å². The minimum atomic E-state index is 0.751. The van der Waals surface area contributed by atoms with Crippen LogP contribution >= 0.6 is 0 Å². The maximum absolute atomic E-state index is 4.46. The van der Waals surface area contributed by atoms with Crippen LogP contribution in [0.3, 0.4) is 0 Å². The zero-order chi connectivity index (χ0) is 27.7. The fourth-order valence-corrected chi connectivity index (χ4v) is 4.70. The highest BCUT2D eigenvalue weighted by molar-refractivity contribution is 5.63. The Hall–Kier alpha value is -4.52. The van der Waals surface area contributed by atoms with Gasteiger partial charge in [-0.2, -0.15) is 30.7 Å². The monoisotopic (exact) mass is 529 g/mol. The summed E-state index contributed by atoms with van der Waals surface area (Å²) in [6, 6.07) is 28.0. The molecule has 1 aliphatic rings. The molecule has 0 amide bonds. The quantitative estimate of drug-likeness (QED) is 0.188. The molecule has 7 nitrogen and oxygen atoms in total. The van der Waals surface area contributed by atoms with Crippen LogP contribution in [0.5, 0.6) is 0 Å². The van der Waals surface area contributed by atoms with E-state index in [2.05, 4.69) is 73.7 Å². The first-order chi connectivity index (χ1) is 19.6. The number of nitrogens with zero attached hydrogens (tertiary/aromatic N) is 7. The molecule has 0 radical (unpaired) electrons. The topological polar surface area (TPSA) is 77.4 Å². The molecular weight excluding hydrogens is 494 g/mol. The molecule has 0 fully saturated rings. The maximum atomic E-state index is 4.46. The highest BCUT2D eigenvalue weighted by Crippen LogP contribution is 2.33. The standard InChI is InChI=1S/C33H35N7/c1-4-6-7-25-8-10-27(11-9-25)34-35-28-12-14-29(15-13-28)36-39-32-18-16-30(22-24(32)3)37-38-31-17-19-33-26(23-31)20-21-40(33)5-2/h8-19,22-23H,4-7,20-21H2,1-3H3. The molecule has 0 saturated heterocycles. The van der Waals surface area contributed by atoms with E-state index in [1.54, 1.807) is 0 Å². The number of unbranched alkanes of at least 4 members (excludes halogenated alkanes) is 1. The van der Waals surface area contributed by atoms with Gasteiger partial charge >= 0.3 is 0 Å². The van der Waals surface area contributed by atoms with Gasteiger partial charge in [0, 0.05) is 18.8 Å². The molecule has 40 heavy (non-hydrogen) atoms. The second-order valence-corrected chi connectivity index (χ2v) is 10.00. The molecule has 1 heterocycles. The zero-order valence-corrected chi connectivity index (χ0v) is 23.5. The van der Waals surface area contributed by atoms with Gasteiger partial charge in [-0.15, -0.1) is 0 Å². The molecule has 202 valence electrons. The fraction of sp³-hybridized carbons (Fsp3) is 0.273. The number of hydrogen-bond acceptors (Lipinski definition) is 7. The van der Waals surface area contributed by atoms with Gasteiger partial charge in [0.05, 0.1) is 34.1 Å². The summed E-state index contributed by atoms with van der Waals surface area (Å²) in [4.78, 5) is 2.39. The van der Waals surface area contributed by atoms with Gasteiger partial charge in [0.2, 0.25) is 0 Å². The predicted octanol–water partition coefficient (Wildman–Crippen LogP) is 11.0. The van der Waals surface area contributed by atoms with Crippen molar-refractivity contribution in [3.63, 3.8) is 0 Å². The largest absolute Gasteiger partial charge is 0.371 e. The Morgan fingerprint density at radius 3 is 1.80 bits per heavy atom. The van der Waals surface area contributed by atoms with Gasteiger partial charge in [0.1, 0.15) is 0 Å². The van der Waals surface area contributed by atoms with E-state index in [1.807, 2.05) is 67.6 Å². The number of benzene rings is 4. The highest BCUT2D eigenvalue weighted by Gasteiger charge is 2.17. The van der Waals surface area contributed by atoms with E-state index in [1.165, 1.54) is 29.7 Å². The molecule has 0 saturated carbocycles. The van der Waals surface area contributed by atoms with E-state index >= 15 is 0 Å². The van der Waals surface area contributed by atoms with E-state index in [-0.39, 0.29) is 0 Å². The SMILES string of the molecule is CCCCc1ccc(N=Nc2ccc(N=Nc3ccc(N=Nc4ccc5c(c4)CCN5CC)cc3C)cc2)cc1. The molecular formula is C33H35N7. The van der Waals surface area contributed by atoms with E-state index in [9.17, 15) is 0 Å². The van der Waals surface area contributed by atoms with E-state index in [0.717, 1.165) is 65.6 Å². The van der Waals surface area contributed by atoms with Gasteiger partial charge in [0.25, 0.3) is 0 Å². The first-order valence-corrected chi connectivity index (χ1v) is 14.0. The summed E-state index contributed by atoms with van der Waals surface area (Å²) in [6.45, 7) is 8.50. The number of aryl methyl sites for hydroxylation is 2. The van der Waals surface area contributed by atoms with Crippen LogP contribution in [0, 0.1) is 6.92 Å². The maximum Gasteiger partial charge on any atom is 0.0887 e. The van der Waals surface area contributed by atoms with Crippen molar-refractivity contribution >= 4 is 39.8 Å². The minimum absolute atomic E-state index is 0.751. The van der Waals surface area contributed by atoms with Gasteiger partial charge in [0.15, 0.2) is 0 Å². The lowest BCUT2D eigenvalue weighted by atomic mass is 10.1. The van der Waals surface area contributed by atoms with Crippen LogP contribution in [0.25, 0.3) is 0 Å². The smallest absolute Gasteiger partial charge is 0.0887 e.